The first-order valence-corrected chi connectivity index (χ1v) is 9.57. The number of benzene rings is 2. The van der Waals surface area contributed by atoms with Gasteiger partial charge in [-0.05, 0) is 61.2 Å². The molecule has 1 fully saturated rings. The van der Waals surface area contributed by atoms with Crippen molar-refractivity contribution in [1.82, 2.24) is 5.32 Å². The van der Waals surface area contributed by atoms with Gasteiger partial charge >= 0.3 is 0 Å². The molecule has 2 aromatic carbocycles. The van der Waals surface area contributed by atoms with E-state index in [0.29, 0.717) is 16.3 Å². The topological polar surface area (TPSA) is 61.4 Å². The van der Waals surface area contributed by atoms with Crippen molar-refractivity contribution in [3.63, 3.8) is 0 Å². The van der Waals surface area contributed by atoms with Gasteiger partial charge in [0.05, 0.1) is 6.54 Å². The molecule has 0 aromatic heterocycles. The van der Waals surface area contributed by atoms with E-state index in [4.69, 9.17) is 11.6 Å². The maximum absolute atomic E-state index is 12.1. The van der Waals surface area contributed by atoms with Crippen molar-refractivity contribution in [3.05, 3.63) is 59.1 Å². The first kappa shape index (κ1) is 19.2. The molecule has 1 heterocycles. The molecule has 2 aromatic rings. The number of halogens is 1. The van der Waals surface area contributed by atoms with E-state index in [2.05, 4.69) is 22.5 Å². The molecule has 0 unspecified atom stereocenters. The zero-order chi connectivity index (χ0) is 19.2. The third-order valence-corrected chi connectivity index (χ3v) is 5.03. The highest BCUT2D eigenvalue weighted by atomic mass is 35.5. The molecule has 0 saturated carbocycles. The summed E-state index contributed by atoms with van der Waals surface area (Å²) in [6.07, 6.45) is 2.43. The van der Waals surface area contributed by atoms with Crippen molar-refractivity contribution < 1.29 is 9.59 Å². The molecule has 27 heavy (non-hydrogen) atoms. The number of amides is 2. The lowest BCUT2D eigenvalue weighted by molar-refractivity contribution is -0.115. The maximum Gasteiger partial charge on any atom is 0.251 e. The van der Waals surface area contributed by atoms with Crippen LogP contribution in [0.25, 0.3) is 0 Å². The Balaban J connectivity index is 1.48. The largest absolute Gasteiger partial charge is 0.372 e. The summed E-state index contributed by atoms with van der Waals surface area (Å²) in [5.74, 6) is 0.189. The summed E-state index contributed by atoms with van der Waals surface area (Å²) in [5, 5.41) is 5.88. The number of nitrogens with zero attached hydrogens (tertiary/aromatic N) is 1. The third kappa shape index (κ3) is 5.47. The quantitative estimate of drug-likeness (QED) is 0.819. The van der Waals surface area contributed by atoms with Crippen LogP contribution in [0.15, 0.2) is 48.5 Å². The van der Waals surface area contributed by atoms with E-state index in [1.165, 1.54) is 18.5 Å². The molecule has 0 aliphatic carbocycles. The van der Waals surface area contributed by atoms with Crippen LogP contribution in [0.5, 0.6) is 0 Å². The summed E-state index contributed by atoms with van der Waals surface area (Å²) in [7, 11) is 0. The van der Waals surface area contributed by atoms with Crippen LogP contribution in [-0.4, -0.2) is 31.4 Å². The Morgan fingerprint density at radius 3 is 2.48 bits per heavy atom. The van der Waals surface area contributed by atoms with Crippen molar-refractivity contribution in [3.8, 4) is 0 Å². The van der Waals surface area contributed by atoms with Gasteiger partial charge in [0.1, 0.15) is 0 Å². The Morgan fingerprint density at radius 2 is 1.81 bits per heavy atom. The molecule has 142 valence electrons. The minimum absolute atomic E-state index is 0.100. The Bertz CT molecular complexity index is 799. The van der Waals surface area contributed by atoms with Crippen LogP contribution in [0.1, 0.15) is 30.1 Å². The lowest BCUT2D eigenvalue weighted by atomic mass is 9.99. The molecule has 1 saturated heterocycles. The predicted molar refractivity (Wildman–Crippen MR) is 109 cm³/mol. The van der Waals surface area contributed by atoms with Gasteiger partial charge in [-0.3, -0.25) is 9.59 Å². The van der Waals surface area contributed by atoms with Crippen molar-refractivity contribution >= 4 is 34.8 Å². The van der Waals surface area contributed by atoms with E-state index in [-0.39, 0.29) is 18.4 Å². The molecular weight excluding hydrogens is 362 g/mol. The first-order chi connectivity index (χ1) is 13.0. The SMILES string of the molecule is CC1CCN(c2ccc(NC(=O)CNC(=O)c3cccc(Cl)c3)cc2)CC1. The fourth-order valence-electron chi connectivity index (χ4n) is 3.12. The predicted octanol–water partition coefficient (Wildman–Crippen LogP) is 3.94. The Morgan fingerprint density at radius 1 is 1.11 bits per heavy atom. The fourth-order valence-corrected chi connectivity index (χ4v) is 3.31. The van der Waals surface area contributed by atoms with Crippen LogP contribution in [0.2, 0.25) is 5.02 Å². The second kappa shape index (κ2) is 8.91. The molecule has 0 radical (unpaired) electrons. The van der Waals surface area contributed by atoms with Gasteiger partial charge in [0, 0.05) is 35.1 Å². The van der Waals surface area contributed by atoms with Gasteiger partial charge in [-0.15, -0.1) is 0 Å². The number of hydrogen-bond acceptors (Lipinski definition) is 3. The van der Waals surface area contributed by atoms with Gasteiger partial charge in [0.25, 0.3) is 5.91 Å². The second-order valence-electron chi connectivity index (χ2n) is 6.96. The van der Waals surface area contributed by atoms with E-state index in [9.17, 15) is 9.59 Å². The van der Waals surface area contributed by atoms with Crippen molar-refractivity contribution in [2.75, 3.05) is 29.9 Å². The molecule has 0 spiro atoms. The summed E-state index contributed by atoms with van der Waals surface area (Å²) in [6, 6.07) is 14.4. The average Bonchev–Trinajstić information content (AvgIpc) is 2.67. The standard InChI is InChI=1S/C21H24ClN3O2/c1-15-9-11-25(12-10-15)19-7-5-18(6-8-19)24-20(26)14-23-21(27)16-3-2-4-17(22)13-16/h2-8,13,15H,9-12,14H2,1H3,(H,23,27)(H,24,26). The first-order valence-electron chi connectivity index (χ1n) is 9.20. The molecule has 6 heteroatoms. The number of anilines is 2. The van der Waals surface area contributed by atoms with Crippen LogP contribution < -0.4 is 15.5 Å². The zero-order valence-electron chi connectivity index (χ0n) is 15.4. The minimum atomic E-state index is -0.331. The summed E-state index contributed by atoms with van der Waals surface area (Å²) in [6.45, 7) is 4.34. The molecule has 2 N–H and O–H groups in total. The molecule has 1 aliphatic rings. The number of carbonyl (C=O) groups excluding carboxylic acids is 2. The number of rotatable bonds is 5. The van der Waals surface area contributed by atoms with Crippen LogP contribution >= 0.6 is 11.6 Å². The molecule has 2 amide bonds. The molecule has 3 rings (SSSR count). The molecule has 1 aliphatic heterocycles. The normalized spacial score (nSPS) is 14.7. The average molecular weight is 386 g/mol. The number of carbonyl (C=O) groups is 2. The summed E-state index contributed by atoms with van der Waals surface area (Å²) in [5.41, 5.74) is 2.32. The summed E-state index contributed by atoms with van der Waals surface area (Å²) in [4.78, 5) is 26.5. The monoisotopic (exact) mass is 385 g/mol. The van der Waals surface area contributed by atoms with E-state index in [0.717, 1.165) is 19.0 Å². The summed E-state index contributed by atoms with van der Waals surface area (Å²) < 4.78 is 0. The number of piperidine rings is 1. The molecule has 0 bridgehead atoms. The highest BCUT2D eigenvalue weighted by molar-refractivity contribution is 6.31. The van der Waals surface area contributed by atoms with Crippen molar-refractivity contribution in [2.45, 2.75) is 19.8 Å². The third-order valence-electron chi connectivity index (χ3n) is 4.80. The van der Waals surface area contributed by atoms with Gasteiger partial charge in [0.15, 0.2) is 0 Å². The lowest BCUT2D eigenvalue weighted by Gasteiger charge is -2.32. The smallest absolute Gasteiger partial charge is 0.251 e. The van der Waals surface area contributed by atoms with Crippen LogP contribution in [-0.2, 0) is 4.79 Å². The van der Waals surface area contributed by atoms with Gasteiger partial charge in [-0.2, -0.15) is 0 Å². The Hall–Kier alpha value is -2.53. The highest BCUT2D eigenvalue weighted by Crippen LogP contribution is 2.24. The van der Waals surface area contributed by atoms with E-state index in [1.54, 1.807) is 24.3 Å². The highest BCUT2D eigenvalue weighted by Gasteiger charge is 2.16. The molecule has 0 atom stereocenters. The van der Waals surface area contributed by atoms with Crippen LogP contribution in [0, 0.1) is 5.92 Å². The van der Waals surface area contributed by atoms with Crippen molar-refractivity contribution in [2.24, 2.45) is 5.92 Å². The molecule has 5 nitrogen and oxygen atoms in total. The Labute approximate surface area is 164 Å². The number of nitrogens with one attached hydrogen (secondary N) is 2. The number of hydrogen-bond donors (Lipinski definition) is 2. The van der Waals surface area contributed by atoms with E-state index >= 15 is 0 Å². The lowest BCUT2D eigenvalue weighted by Crippen LogP contribution is -2.33. The van der Waals surface area contributed by atoms with Gasteiger partial charge in [-0.25, -0.2) is 0 Å². The maximum atomic E-state index is 12.1. The molecular formula is C21H24ClN3O2. The van der Waals surface area contributed by atoms with E-state index < -0.39 is 0 Å². The van der Waals surface area contributed by atoms with Gasteiger partial charge in [0.2, 0.25) is 5.91 Å². The van der Waals surface area contributed by atoms with Gasteiger partial charge < -0.3 is 15.5 Å². The second-order valence-corrected chi connectivity index (χ2v) is 7.39. The zero-order valence-corrected chi connectivity index (χ0v) is 16.1. The van der Waals surface area contributed by atoms with E-state index in [1.807, 2.05) is 24.3 Å². The van der Waals surface area contributed by atoms with Crippen LogP contribution in [0.4, 0.5) is 11.4 Å². The minimum Gasteiger partial charge on any atom is -0.372 e. The summed E-state index contributed by atoms with van der Waals surface area (Å²) >= 11 is 5.87. The fraction of sp³-hybridized carbons (Fsp3) is 0.333. The van der Waals surface area contributed by atoms with Crippen molar-refractivity contribution in [1.29, 1.82) is 0 Å². The Kier molecular flexibility index (Phi) is 6.35. The van der Waals surface area contributed by atoms with Gasteiger partial charge in [-0.1, -0.05) is 24.6 Å². The van der Waals surface area contributed by atoms with Crippen LogP contribution in [0.3, 0.4) is 0 Å².